The lowest BCUT2D eigenvalue weighted by atomic mass is 10.2. The molecule has 3 heterocycles. The third-order valence-electron chi connectivity index (χ3n) is 3.73. The Kier molecular flexibility index (Phi) is 2.89. The molecule has 1 aromatic heterocycles. The van der Waals surface area contributed by atoms with Crippen molar-refractivity contribution in [3.63, 3.8) is 0 Å². The molecule has 2 N–H and O–H groups in total. The lowest BCUT2D eigenvalue weighted by Crippen LogP contribution is -2.52. The van der Waals surface area contributed by atoms with Gasteiger partial charge in [0.25, 0.3) is 0 Å². The Hall–Kier alpha value is -1.69. The van der Waals surface area contributed by atoms with Crippen LogP contribution in [0.15, 0.2) is 12.3 Å². The third-order valence-corrected chi connectivity index (χ3v) is 4.05. The molecule has 0 bridgehead atoms. The minimum Gasteiger partial charge on any atom is -0.397 e. The Balaban J connectivity index is 1.78. The summed E-state index contributed by atoms with van der Waals surface area (Å²) in [6.45, 7) is 3.03. The van der Waals surface area contributed by atoms with Crippen LogP contribution in [-0.4, -0.2) is 60.1 Å². The molecule has 2 fully saturated rings. The predicted molar refractivity (Wildman–Crippen MR) is 74.4 cm³/mol. The number of likely N-dealkylation sites (N-methyl/N-ethyl adjacent to an activating group) is 1. The Morgan fingerprint density at radius 2 is 2.21 bits per heavy atom. The molecule has 2 aliphatic heterocycles. The Morgan fingerprint density at radius 1 is 1.42 bits per heavy atom. The smallest absolute Gasteiger partial charge is 0.320 e. The molecular weight excluding hydrogens is 266 g/mol. The van der Waals surface area contributed by atoms with Gasteiger partial charge in [0, 0.05) is 45.5 Å². The molecule has 2 saturated heterocycles. The Bertz CT molecular complexity index is 523. The average Bonchev–Trinajstić information content (AvgIpc) is 2.68. The van der Waals surface area contributed by atoms with Gasteiger partial charge in [-0.2, -0.15) is 0 Å². The number of halogens is 1. The number of anilines is 2. The maximum absolute atomic E-state index is 11.9. The molecule has 1 atom stereocenters. The number of fused-ring (bicyclic) bond motifs is 1. The molecule has 0 aliphatic carbocycles. The zero-order chi connectivity index (χ0) is 13.6. The minimum absolute atomic E-state index is 0.119. The average molecular weight is 282 g/mol. The standard InChI is InChI=1S/C12H16ClN5O/c1-16-6-8-7-17(2-3-18(8)12(16)19)11-4-10(14)9(13)5-15-11/h4-5,8H,2-3,6-7H2,1H3,(H2,14,15). The number of piperazine rings is 1. The molecule has 1 aromatic rings. The number of amides is 2. The predicted octanol–water partition coefficient (Wildman–Crippen LogP) is 0.873. The van der Waals surface area contributed by atoms with E-state index in [1.807, 2.05) is 11.9 Å². The molecule has 0 radical (unpaired) electrons. The van der Waals surface area contributed by atoms with Crippen LogP contribution in [0.25, 0.3) is 0 Å². The number of carbonyl (C=O) groups is 1. The van der Waals surface area contributed by atoms with Crippen molar-refractivity contribution in [1.82, 2.24) is 14.8 Å². The van der Waals surface area contributed by atoms with E-state index in [1.165, 1.54) is 0 Å². The molecule has 7 heteroatoms. The zero-order valence-electron chi connectivity index (χ0n) is 10.7. The van der Waals surface area contributed by atoms with Gasteiger partial charge in [-0.3, -0.25) is 0 Å². The number of hydrogen-bond acceptors (Lipinski definition) is 4. The second kappa shape index (κ2) is 4.45. The van der Waals surface area contributed by atoms with Gasteiger partial charge in [0.1, 0.15) is 5.82 Å². The maximum atomic E-state index is 11.9. The van der Waals surface area contributed by atoms with Gasteiger partial charge < -0.3 is 20.4 Å². The van der Waals surface area contributed by atoms with Gasteiger partial charge in [0.05, 0.1) is 16.8 Å². The van der Waals surface area contributed by atoms with Gasteiger partial charge in [-0.15, -0.1) is 0 Å². The van der Waals surface area contributed by atoms with E-state index < -0.39 is 0 Å². The molecule has 2 aliphatic rings. The number of rotatable bonds is 1. The molecular formula is C12H16ClN5O. The first-order valence-electron chi connectivity index (χ1n) is 6.24. The van der Waals surface area contributed by atoms with Crippen molar-refractivity contribution >= 4 is 29.1 Å². The number of hydrogen-bond donors (Lipinski definition) is 1. The van der Waals surface area contributed by atoms with Gasteiger partial charge in [0.15, 0.2) is 0 Å². The van der Waals surface area contributed by atoms with E-state index in [2.05, 4.69) is 9.88 Å². The normalized spacial score (nSPS) is 22.9. The third kappa shape index (κ3) is 2.06. The summed E-state index contributed by atoms with van der Waals surface area (Å²) in [6, 6.07) is 2.14. The molecule has 0 spiro atoms. The van der Waals surface area contributed by atoms with Crippen LogP contribution in [0.5, 0.6) is 0 Å². The number of aromatic nitrogens is 1. The van der Waals surface area contributed by atoms with Gasteiger partial charge in [0.2, 0.25) is 0 Å². The van der Waals surface area contributed by atoms with Crippen LogP contribution in [0.4, 0.5) is 16.3 Å². The highest BCUT2D eigenvalue weighted by molar-refractivity contribution is 6.32. The lowest BCUT2D eigenvalue weighted by Gasteiger charge is -2.37. The van der Waals surface area contributed by atoms with E-state index in [0.29, 0.717) is 10.7 Å². The summed E-state index contributed by atoms with van der Waals surface area (Å²) in [5, 5.41) is 0.471. The van der Waals surface area contributed by atoms with Crippen molar-refractivity contribution in [1.29, 1.82) is 0 Å². The fourth-order valence-corrected chi connectivity index (χ4v) is 2.80. The van der Waals surface area contributed by atoms with E-state index >= 15 is 0 Å². The lowest BCUT2D eigenvalue weighted by molar-refractivity contribution is 0.187. The van der Waals surface area contributed by atoms with Crippen molar-refractivity contribution in [3.8, 4) is 0 Å². The Labute approximate surface area is 116 Å². The van der Waals surface area contributed by atoms with E-state index in [-0.39, 0.29) is 12.1 Å². The van der Waals surface area contributed by atoms with Gasteiger partial charge in [-0.1, -0.05) is 11.6 Å². The second-order valence-electron chi connectivity index (χ2n) is 5.02. The van der Waals surface area contributed by atoms with E-state index in [9.17, 15) is 4.79 Å². The van der Waals surface area contributed by atoms with Crippen molar-refractivity contribution in [3.05, 3.63) is 17.3 Å². The summed E-state index contributed by atoms with van der Waals surface area (Å²) >= 11 is 5.88. The number of carbonyl (C=O) groups excluding carboxylic acids is 1. The van der Waals surface area contributed by atoms with Crippen molar-refractivity contribution in [2.45, 2.75) is 6.04 Å². The van der Waals surface area contributed by atoms with Crippen molar-refractivity contribution in [2.75, 3.05) is 43.9 Å². The fraction of sp³-hybridized carbons (Fsp3) is 0.500. The van der Waals surface area contributed by atoms with Crippen LogP contribution in [0.2, 0.25) is 5.02 Å². The van der Waals surface area contributed by atoms with E-state index in [1.54, 1.807) is 17.2 Å². The van der Waals surface area contributed by atoms with Crippen LogP contribution in [-0.2, 0) is 0 Å². The monoisotopic (exact) mass is 281 g/mol. The minimum atomic E-state index is 0.119. The number of pyridine rings is 1. The summed E-state index contributed by atoms with van der Waals surface area (Å²) in [4.78, 5) is 22.0. The van der Waals surface area contributed by atoms with Crippen LogP contribution in [0, 0.1) is 0 Å². The van der Waals surface area contributed by atoms with Crippen molar-refractivity contribution < 1.29 is 4.79 Å². The molecule has 6 nitrogen and oxygen atoms in total. The number of urea groups is 1. The zero-order valence-corrected chi connectivity index (χ0v) is 11.5. The number of nitrogens with zero attached hydrogens (tertiary/aromatic N) is 4. The molecule has 2 amide bonds. The quantitative estimate of drug-likeness (QED) is 0.830. The molecule has 0 aromatic carbocycles. The summed E-state index contributed by atoms with van der Waals surface area (Å²) in [6.07, 6.45) is 1.57. The van der Waals surface area contributed by atoms with Gasteiger partial charge >= 0.3 is 6.03 Å². The summed E-state index contributed by atoms with van der Waals surface area (Å²) in [7, 11) is 1.84. The number of nitrogens with two attached hydrogens (primary N) is 1. The highest BCUT2D eigenvalue weighted by atomic mass is 35.5. The first-order valence-corrected chi connectivity index (χ1v) is 6.62. The molecule has 19 heavy (non-hydrogen) atoms. The van der Waals surface area contributed by atoms with Crippen LogP contribution in [0.1, 0.15) is 0 Å². The first-order chi connectivity index (χ1) is 9.06. The van der Waals surface area contributed by atoms with E-state index in [4.69, 9.17) is 17.3 Å². The summed E-state index contributed by atoms with van der Waals surface area (Å²) in [5.74, 6) is 0.823. The largest absolute Gasteiger partial charge is 0.397 e. The van der Waals surface area contributed by atoms with E-state index in [0.717, 1.165) is 32.0 Å². The Morgan fingerprint density at radius 3 is 2.95 bits per heavy atom. The topological polar surface area (TPSA) is 65.7 Å². The second-order valence-corrected chi connectivity index (χ2v) is 5.43. The van der Waals surface area contributed by atoms with Gasteiger partial charge in [-0.25, -0.2) is 9.78 Å². The van der Waals surface area contributed by atoms with Crippen LogP contribution in [0.3, 0.4) is 0 Å². The van der Waals surface area contributed by atoms with Crippen LogP contribution < -0.4 is 10.6 Å². The molecule has 1 unspecified atom stereocenters. The first kappa shape index (κ1) is 12.3. The maximum Gasteiger partial charge on any atom is 0.320 e. The highest BCUT2D eigenvalue weighted by Gasteiger charge is 2.39. The summed E-state index contributed by atoms with van der Waals surface area (Å²) in [5.41, 5.74) is 6.34. The SMILES string of the molecule is CN1CC2CN(c3cc(N)c(Cl)cn3)CCN2C1=O. The van der Waals surface area contributed by atoms with Crippen LogP contribution >= 0.6 is 11.6 Å². The van der Waals surface area contributed by atoms with Gasteiger partial charge in [-0.05, 0) is 0 Å². The molecule has 102 valence electrons. The molecule has 3 rings (SSSR count). The fourth-order valence-electron chi connectivity index (χ4n) is 2.70. The highest BCUT2D eigenvalue weighted by Crippen LogP contribution is 2.26. The van der Waals surface area contributed by atoms with Crippen molar-refractivity contribution in [2.24, 2.45) is 0 Å². The number of nitrogen functional groups attached to an aromatic ring is 1. The summed E-state index contributed by atoms with van der Waals surface area (Å²) < 4.78 is 0. The molecule has 0 saturated carbocycles.